The van der Waals surface area contributed by atoms with E-state index in [2.05, 4.69) is 15.9 Å². The van der Waals surface area contributed by atoms with Crippen LogP contribution in [0.15, 0.2) is 27.6 Å². The zero-order valence-corrected chi connectivity index (χ0v) is 13.6. The van der Waals surface area contributed by atoms with Gasteiger partial charge < -0.3 is 5.11 Å². The van der Waals surface area contributed by atoms with Gasteiger partial charge in [-0.25, -0.2) is 8.42 Å². The van der Waals surface area contributed by atoms with Gasteiger partial charge in [-0.15, -0.1) is 0 Å². The van der Waals surface area contributed by atoms with Crippen LogP contribution in [0.1, 0.15) is 18.9 Å². The van der Waals surface area contributed by atoms with Crippen LogP contribution in [0.4, 0.5) is 0 Å². The summed E-state index contributed by atoms with van der Waals surface area (Å²) in [4.78, 5) is 11.2. The molecule has 1 aliphatic heterocycles. The highest BCUT2D eigenvalue weighted by molar-refractivity contribution is 9.10. The lowest BCUT2D eigenvalue weighted by Crippen LogP contribution is -2.34. The predicted molar refractivity (Wildman–Crippen MR) is 78.0 cm³/mol. The van der Waals surface area contributed by atoms with Crippen LogP contribution in [-0.4, -0.2) is 36.9 Å². The number of rotatable bonds is 3. The molecule has 1 aromatic carbocycles. The standard InChI is InChI=1S/C13H13BrN2O4S/c1-13(12(17)18)2-3-16(8-13)21(19,20)11-5-9(7-15)4-10(14)6-11/h4-6H,2-3,8H2,1H3,(H,17,18). The molecule has 1 aromatic rings. The molecule has 2 rings (SSSR count). The summed E-state index contributed by atoms with van der Waals surface area (Å²) in [6, 6.07) is 6.11. The highest BCUT2D eigenvalue weighted by Crippen LogP contribution is 2.34. The Morgan fingerprint density at radius 3 is 2.67 bits per heavy atom. The molecule has 0 aromatic heterocycles. The van der Waals surface area contributed by atoms with Gasteiger partial charge in [-0.3, -0.25) is 4.79 Å². The lowest BCUT2D eigenvalue weighted by atomic mass is 9.90. The van der Waals surface area contributed by atoms with Crippen LogP contribution in [0.25, 0.3) is 0 Å². The first-order valence-corrected chi connectivity index (χ1v) is 8.37. The molecule has 0 amide bonds. The Bertz CT molecular complexity index is 741. The summed E-state index contributed by atoms with van der Waals surface area (Å²) in [6.07, 6.45) is 0.265. The van der Waals surface area contributed by atoms with E-state index in [1.165, 1.54) is 25.1 Å². The fourth-order valence-corrected chi connectivity index (χ4v) is 4.51. The molecule has 0 bridgehead atoms. The molecule has 1 saturated heterocycles. The van der Waals surface area contributed by atoms with E-state index in [-0.39, 0.29) is 30.0 Å². The van der Waals surface area contributed by atoms with Crippen molar-refractivity contribution in [1.29, 1.82) is 5.26 Å². The van der Waals surface area contributed by atoms with Crippen molar-refractivity contribution in [3.8, 4) is 6.07 Å². The van der Waals surface area contributed by atoms with Crippen molar-refractivity contribution < 1.29 is 18.3 Å². The largest absolute Gasteiger partial charge is 0.481 e. The number of nitriles is 1. The number of hydrogen-bond donors (Lipinski definition) is 1. The van der Waals surface area contributed by atoms with Gasteiger partial charge in [0.15, 0.2) is 0 Å². The molecule has 1 atom stereocenters. The Morgan fingerprint density at radius 1 is 1.48 bits per heavy atom. The topological polar surface area (TPSA) is 98.5 Å². The maximum absolute atomic E-state index is 12.6. The fraction of sp³-hybridized carbons (Fsp3) is 0.385. The third-order valence-electron chi connectivity index (χ3n) is 3.59. The summed E-state index contributed by atoms with van der Waals surface area (Å²) in [5, 5.41) is 18.1. The normalized spacial score (nSPS) is 22.9. The van der Waals surface area contributed by atoms with Gasteiger partial charge in [-0.2, -0.15) is 9.57 Å². The molecule has 0 radical (unpaired) electrons. The van der Waals surface area contributed by atoms with Crippen LogP contribution < -0.4 is 0 Å². The minimum atomic E-state index is -3.81. The zero-order chi connectivity index (χ0) is 15.8. The van der Waals surface area contributed by atoms with Crippen LogP contribution in [0.3, 0.4) is 0 Å². The SMILES string of the molecule is CC1(C(=O)O)CCN(S(=O)(=O)c2cc(Br)cc(C#N)c2)C1. The summed E-state index contributed by atoms with van der Waals surface area (Å²) in [7, 11) is -3.81. The van der Waals surface area contributed by atoms with Crippen LogP contribution in [0.5, 0.6) is 0 Å². The van der Waals surface area contributed by atoms with Gasteiger partial charge in [0.05, 0.1) is 21.9 Å². The van der Waals surface area contributed by atoms with Crippen molar-refractivity contribution in [2.75, 3.05) is 13.1 Å². The smallest absolute Gasteiger partial charge is 0.310 e. The van der Waals surface area contributed by atoms with Gasteiger partial charge in [-0.1, -0.05) is 15.9 Å². The lowest BCUT2D eigenvalue weighted by molar-refractivity contribution is -0.146. The monoisotopic (exact) mass is 372 g/mol. The first kappa shape index (κ1) is 15.9. The van der Waals surface area contributed by atoms with Crippen molar-refractivity contribution >= 4 is 31.9 Å². The molecule has 1 heterocycles. The summed E-state index contributed by atoms with van der Waals surface area (Å²) in [5.74, 6) is -1.01. The van der Waals surface area contributed by atoms with Gasteiger partial charge in [0, 0.05) is 17.6 Å². The van der Waals surface area contributed by atoms with Gasteiger partial charge in [-0.05, 0) is 31.5 Å². The Hall–Kier alpha value is -1.43. The van der Waals surface area contributed by atoms with Crippen molar-refractivity contribution in [3.05, 3.63) is 28.2 Å². The van der Waals surface area contributed by atoms with Gasteiger partial charge >= 0.3 is 5.97 Å². The van der Waals surface area contributed by atoms with E-state index in [1.807, 2.05) is 6.07 Å². The number of carboxylic acid groups (broad SMARTS) is 1. The molecule has 0 spiro atoms. The Morgan fingerprint density at radius 2 is 2.14 bits per heavy atom. The first-order chi connectivity index (χ1) is 9.69. The molecule has 1 unspecified atom stereocenters. The van der Waals surface area contributed by atoms with Crippen LogP contribution in [-0.2, 0) is 14.8 Å². The molecule has 8 heteroatoms. The van der Waals surface area contributed by atoms with Gasteiger partial charge in [0.2, 0.25) is 10.0 Å². The number of sulfonamides is 1. The molecule has 1 N–H and O–H groups in total. The summed E-state index contributed by atoms with van der Waals surface area (Å²) < 4.78 is 26.8. The molecule has 1 aliphatic rings. The van der Waals surface area contributed by atoms with Crippen molar-refractivity contribution in [1.82, 2.24) is 4.31 Å². The molecule has 0 aliphatic carbocycles. The average molecular weight is 373 g/mol. The van der Waals surface area contributed by atoms with Crippen molar-refractivity contribution in [2.45, 2.75) is 18.2 Å². The maximum Gasteiger partial charge on any atom is 0.310 e. The molecule has 112 valence electrons. The Labute approximate surface area is 131 Å². The highest BCUT2D eigenvalue weighted by Gasteiger charge is 2.44. The number of carbonyl (C=O) groups is 1. The number of hydrogen-bond acceptors (Lipinski definition) is 4. The molecule has 21 heavy (non-hydrogen) atoms. The number of aliphatic carboxylic acids is 1. The van der Waals surface area contributed by atoms with E-state index in [1.54, 1.807) is 0 Å². The molecular formula is C13H13BrN2O4S. The quantitative estimate of drug-likeness (QED) is 0.871. The van der Waals surface area contributed by atoms with Crippen molar-refractivity contribution in [2.24, 2.45) is 5.41 Å². The van der Waals surface area contributed by atoms with Crippen LogP contribution in [0, 0.1) is 16.7 Å². The van der Waals surface area contributed by atoms with Crippen LogP contribution >= 0.6 is 15.9 Å². The fourth-order valence-electron chi connectivity index (χ4n) is 2.22. The Kier molecular flexibility index (Phi) is 4.10. The minimum absolute atomic E-state index is 0.0111. The summed E-state index contributed by atoms with van der Waals surface area (Å²) in [5.41, 5.74) is -0.847. The van der Waals surface area contributed by atoms with E-state index in [4.69, 9.17) is 5.26 Å². The summed E-state index contributed by atoms with van der Waals surface area (Å²) >= 11 is 3.17. The predicted octanol–water partition coefficient (Wildman–Crippen LogP) is 1.81. The number of benzene rings is 1. The average Bonchev–Trinajstić information content (AvgIpc) is 2.83. The van der Waals surface area contributed by atoms with E-state index >= 15 is 0 Å². The molecule has 0 saturated carbocycles. The van der Waals surface area contributed by atoms with Gasteiger partial charge in [0.25, 0.3) is 0 Å². The maximum atomic E-state index is 12.6. The minimum Gasteiger partial charge on any atom is -0.481 e. The highest BCUT2D eigenvalue weighted by atomic mass is 79.9. The van der Waals surface area contributed by atoms with Crippen LogP contribution in [0.2, 0.25) is 0 Å². The second-order valence-electron chi connectivity index (χ2n) is 5.24. The van der Waals surface area contributed by atoms with E-state index in [0.717, 1.165) is 4.31 Å². The molecular weight excluding hydrogens is 360 g/mol. The third-order valence-corrected chi connectivity index (χ3v) is 5.87. The Balaban J connectivity index is 2.39. The number of carboxylic acids is 1. The zero-order valence-electron chi connectivity index (χ0n) is 11.2. The number of halogens is 1. The van der Waals surface area contributed by atoms with Crippen molar-refractivity contribution in [3.63, 3.8) is 0 Å². The van der Waals surface area contributed by atoms with E-state index in [9.17, 15) is 18.3 Å². The molecule has 6 nitrogen and oxygen atoms in total. The number of nitrogens with zero attached hydrogens (tertiary/aromatic N) is 2. The molecule has 1 fully saturated rings. The lowest BCUT2D eigenvalue weighted by Gasteiger charge is -2.20. The van der Waals surface area contributed by atoms with E-state index < -0.39 is 21.4 Å². The second-order valence-corrected chi connectivity index (χ2v) is 8.10. The van der Waals surface area contributed by atoms with E-state index in [0.29, 0.717) is 4.47 Å². The van der Waals surface area contributed by atoms with Gasteiger partial charge in [0.1, 0.15) is 0 Å². The third kappa shape index (κ3) is 2.95. The first-order valence-electron chi connectivity index (χ1n) is 6.13. The second kappa shape index (κ2) is 5.40. The summed E-state index contributed by atoms with van der Waals surface area (Å²) in [6.45, 7) is 1.62.